The van der Waals surface area contributed by atoms with E-state index in [1.165, 1.54) is 22.9 Å². The van der Waals surface area contributed by atoms with E-state index in [0.717, 1.165) is 6.07 Å². The molecule has 1 aromatic carbocycles. The van der Waals surface area contributed by atoms with Gasteiger partial charge in [0.05, 0.1) is 16.1 Å². The third kappa shape index (κ3) is 2.36. The number of rotatable bonds is 2. The fourth-order valence-corrected chi connectivity index (χ4v) is 2.43. The molecule has 0 bridgehead atoms. The summed E-state index contributed by atoms with van der Waals surface area (Å²) in [5, 5.41) is -0.110. The van der Waals surface area contributed by atoms with Crippen molar-refractivity contribution in [3.8, 4) is 5.69 Å². The van der Waals surface area contributed by atoms with Crippen LogP contribution in [0.2, 0.25) is 5.02 Å². The summed E-state index contributed by atoms with van der Waals surface area (Å²) in [7, 11) is 0. The van der Waals surface area contributed by atoms with Crippen molar-refractivity contribution in [1.82, 2.24) is 14.5 Å². The van der Waals surface area contributed by atoms with Crippen molar-refractivity contribution in [3.63, 3.8) is 0 Å². The van der Waals surface area contributed by atoms with Crippen LogP contribution in [0.1, 0.15) is 18.1 Å². The number of fused-ring (bicyclic) bond motifs is 1. The summed E-state index contributed by atoms with van der Waals surface area (Å²) >= 11 is 12.0. The van der Waals surface area contributed by atoms with Gasteiger partial charge in [-0.15, -0.1) is 11.6 Å². The summed E-state index contributed by atoms with van der Waals surface area (Å²) in [4.78, 5) is 8.47. The molecule has 2 aromatic heterocycles. The van der Waals surface area contributed by atoms with Crippen LogP contribution >= 0.6 is 23.2 Å². The van der Waals surface area contributed by atoms with Gasteiger partial charge in [-0.05, 0) is 25.1 Å². The van der Waals surface area contributed by atoms with Gasteiger partial charge in [-0.25, -0.2) is 18.7 Å². The van der Waals surface area contributed by atoms with E-state index < -0.39 is 17.0 Å². The van der Waals surface area contributed by atoms with Crippen molar-refractivity contribution in [2.24, 2.45) is 0 Å². The van der Waals surface area contributed by atoms with Gasteiger partial charge in [0.2, 0.25) is 0 Å². The molecular formula is C14H9Cl2F2N3. The highest BCUT2D eigenvalue weighted by molar-refractivity contribution is 6.31. The molecule has 7 heteroatoms. The monoisotopic (exact) mass is 327 g/mol. The fraction of sp³-hybridized carbons (Fsp3) is 0.143. The standard InChI is InChI=1S/C14H9Cl2F2N3/c1-7(15)13-20-10-5-8(16)6-19-14(10)21(13)11-4-2-3-9(17)12(11)18/h2-7H,1H3. The van der Waals surface area contributed by atoms with Gasteiger partial charge < -0.3 is 0 Å². The molecule has 0 spiro atoms. The lowest BCUT2D eigenvalue weighted by Gasteiger charge is -2.11. The van der Waals surface area contributed by atoms with E-state index in [1.54, 1.807) is 13.0 Å². The van der Waals surface area contributed by atoms with Crippen LogP contribution in [0.25, 0.3) is 16.9 Å². The van der Waals surface area contributed by atoms with Crippen molar-refractivity contribution in [2.45, 2.75) is 12.3 Å². The van der Waals surface area contributed by atoms with E-state index in [0.29, 0.717) is 22.0 Å². The van der Waals surface area contributed by atoms with Crippen LogP contribution in [-0.2, 0) is 0 Å². The van der Waals surface area contributed by atoms with E-state index in [2.05, 4.69) is 9.97 Å². The number of hydrogen-bond acceptors (Lipinski definition) is 2. The van der Waals surface area contributed by atoms with E-state index in [-0.39, 0.29) is 5.69 Å². The SMILES string of the molecule is CC(Cl)c1nc2cc(Cl)cnc2n1-c1cccc(F)c1F. The second-order valence-electron chi connectivity index (χ2n) is 4.49. The lowest BCUT2D eigenvalue weighted by Crippen LogP contribution is -2.06. The maximum atomic E-state index is 14.1. The average Bonchev–Trinajstić information content (AvgIpc) is 2.80. The third-order valence-electron chi connectivity index (χ3n) is 3.02. The number of alkyl halides is 1. The number of aromatic nitrogens is 3. The molecule has 0 saturated heterocycles. The predicted octanol–water partition coefficient (Wildman–Crippen LogP) is 4.65. The normalized spacial score (nSPS) is 12.8. The van der Waals surface area contributed by atoms with Crippen LogP contribution in [0.3, 0.4) is 0 Å². The Bertz CT molecular complexity index is 830. The van der Waals surface area contributed by atoms with Crippen LogP contribution in [0.15, 0.2) is 30.5 Å². The van der Waals surface area contributed by atoms with Crippen molar-refractivity contribution < 1.29 is 8.78 Å². The highest BCUT2D eigenvalue weighted by atomic mass is 35.5. The largest absolute Gasteiger partial charge is 0.276 e. The Hall–Kier alpha value is -1.72. The number of nitrogens with zero attached hydrogens (tertiary/aromatic N) is 3. The van der Waals surface area contributed by atoms with Gasteiger partial charge in [0.1, 0.15) is 11.3 Å². The smallest absolute Gasteiger partial charge is 0.182 e. The summed E-state index contributed by atoms with van der Waals surface area (Å²) in [5.41, 5.74) is 0.842. The molecular weight excluding hydrogens is 319 g/mol. The number of benzene rings is 1. The summed E-state index contributed by atoms with van der Waals surface area (Å²) in [6, 6.07) is 5.50. The highest BCUT2D eigenvalue weighted by Crippen LogP contribution is 2.29. The molecule has 1 atom stereocenters. The van der Waals surface area contributed by atoms with Gasteiger partial charge in [0.25, 0.3) is 0 Å². The van der Waals surface area contributed by atoms with Crippen molar-refractivity contribution >= 4 is 34.4 Å². The fourth-order valence-electron chi connectivity index (χ4n) is 2.13. The van der Waals surface area contributed by atoms with Gasteiger partial charge >= 0.3 is 0 Å². The molecule has 3 aromatic rings. The molecule has 0 radical (unpaired) electrons. The van der Waals surface area contributed by atoms with Crippen molar-refractivity contribution in [2.75, 3.05) is 0 Å². The molecule has 0 amide bonds. The Balaban J connectivity index is 2.39. The first-order chi connectivity index (χ1) is 9.99. The maximum absolute atomic E-state index is 14.1. The lowest BCUT2D eigenvalue weighted by molar-refractivity contribution is 0.504. The third-order valence-corrected chi connectivity index (χ3v) is 3.42. The van der Waals surface area contributed by atoms with Crippen LogP contribution in [-0.4, -0.2) is 14.5 Å². The Morgan fingerprint density at radius 1 is 1.29 bits per heavy atom. The first-order valence-corrected chi connectivity index (χ1v) is 6.93. The zero-order chi connectivity index (χ0) is 15.1. The second-order valence-corrected chi connectivity index (χ2v) is 5.58. The van der Waals surface area contributed by atoms with Gasteiger partial charge in [-0.2, -0.15) is 0 Å². The van der Waals surface area contributed by atoms with E-state index in [1.807, 2.05) is 0 Å². The zero-order valence-electron chi connectivity index (χ0n) is 10.8. The number of pyridine rings is 1. The summed E-state index contributed by atoms with van der Waals surface area (Å²) in [6.45, 7) is 1.69. The van der Waals surface area contributed by atoms with Gasteiger partial charge in [-0.3, -0.25) is 4.57 Å². The minimum absolute atomic E-state index is 0.00909. The molecule has 1 unspecified atom stereocenters. The van der Waals surface area contributed by atoms with Crippen molar-refractivity contribution in [3.05, 3.63) is 52.9 Å². The number of halogens is 4. The Morgan fingerprint density at radius 2 is 2.05 bits per heavy atom. The molecule has 0 fully saturated rings. The molecule has 0 aliphatic heterocycles. The Morgan fingerprint density at radius 3 is 2.76 bits per heavy atom. The maximum Gasteiger partial charge on any atom is 0.182 e. The minimum Gasteiger partial charge on any atom is -0.276 e. The van der Waals surface area contributed by atoms with E-state index in [4.69, 9.17) is 23.2 Å². The molecule has 2 heterocycles. The van der Waals surface area contributed by atoms with E-state index >= 15 is 0 Å². The number of hydrogen-bond donors (Lipinski definition) is 0. The van der Waals surface area contributed by atoms with Gasteiger partial charge in [0.15, 0.2) is 17.3 Å². The molecule has 0 aliphatic rings. The molecule has 0 aliphatic carbocycles. The number of imidazole rings is 1. The average molecular weight is 328 g/mol. The molecule has 21 heavy (non-hydrogen) atoms. The first-order valence-electron chi connectivity index (χ1n) is 6.11. The van der Waals surface area contributed by atoms with Crippen LogP contribution in [0, 0.1) is 11.6 Å². The molecule has 3 rings (SSSR count). The topological polar surface area (TPSA) is 30.7 Å². The quantitative estimate of drug-likeness (QED) is 0.641. The first kappa shape index (κ1) is 14.2. The summed E-state index contributed by atoms with van der Waals surface area (Å²) in [5.74, 6) is -1.56. The highest BCUT2D eigenvalue weighted by Gasteiger charge is 2.21. The Kier molecular flexibility index (Phi) is 3.55. The zero-order valence-corrected chi connectivity index (χ0v) is 12.3. The van der Waals surface area contributed by atoms with Crippen LogP contribution in [0.5, 0.6) is 0 Å². The van der Waals surface area contributed by atoms with Gasteiger partial charge in [-0.1, -0.05) is 17.7 Å². The van der Waals surface area contributed by atoms with Crippen molar-refractivity contribution in [1.29, 1.82) is 0 Å². The van der Waals surface area contributed by atoms with Crippen LogP contribution < -0.4 is 0 Å². The van der Waals surface area contributed by atoms with Crippen LogP contribution in [0.4, 0.5) is 8.78 Å². The minimum atomic E-state index is -0.980. The molecule has 0 N–H and O–H groups in total. The Labute approximate surface area is 129 Å². The van der Waals surface area contributed by atoms with Gasteiger partial charge in [0, 0.05) is 6.20 Å². The predicted molar refractivity (Wildman–Crippen MR) is 78.1 cm³/mol. The lowest BCUT2D eigenvalue weighted by atomic mass is 10.2. The molecule has 3 nitrogen and oxygen atoms in total. The second kappa shape index (κ2) is 5.24. The summed E-state index contributed by atoms with van der Waals surface area (Å²) < 4.78 is 29.0. The summed E-state index contributed by atoms with van der Waals surface area (Å²) in [6.07, 6.45) is 1.42. The van der Waals surface area contributed by atoms with E-state index in [9.17, 15) is 8.78 Å². The molecule has 108 valence electrons. The molecule has 0 saturated carbocycles.